The summed E-state index contributed by atoms with van der Waals surface area (Å²) >= 11 is 0.900. The number of aliphatic hydroxyl groups excluding tert-OH is 1. The highest BCUT2D eigenvalue weighted by Gasteiger charge is 2.37. The van der Waals surface area contributed by atoms with Crippen molar-refractivity contribution < 1.29 is 23.1 Å². The Morgan fingerprint density at radius 1 is 1.39 bits per heavy atom. The van der Waals surface area contributed by atoms with Crippen molar-refractivity contribution >= 4 is 23.4 Å². The van der Waals surface area contributed by atoms with Crippen LogP contribution < -0.4 is 5.32 Å². The predicted molar refractivity (Wildman–Crippen MR) is 63.5 cm³/mol. The number of halogens is 3. The third-order valence-corrected chi connectivity index (χ3v) is 3.05. The Morgan fingerprint density at radius 3 is 2.39 bits per heavy atom. The molecule has 1 aromatic rings. The van der Waals surface area contributed by atoms with Crippen molar-refractivity contribution in [1.29, 1.82) is 0 Å². The minimum absolute atomic E-state index is 0.220. The zero-order valence-corrected chi connectivity index (χ0v) is 10.3. The highest BCUT2D eigenvalue weighted by Crippen LogP contribution is 2.27. The highest BCUT2D eigenvalue weighted by atomic mass is 32.2. The Kier molecular flexibility index (Phi) is 5.03. The summed E-state index contributed by atoms with van der Waals surface area (Å²) in [6, 6.07) is 6.34. The van der Waals surface area contributed by atoms with Gasteiger partial charge in [0.2, 0.25) is 5.91 Å². The zero-order chi connectivity index (χ0) is 13.8. The summed E-state index contributed by atoms with van der Waals surface area (Å²) in [7, 11) is 0. The molecular weight excluding hydrogens is 267 g/mol. The second-order valence-electron chi connectivity index (χ2n) is 3.57. The molecule has 0 aliphatic heterocycles. The van der Waals surface area contributed by atoms with Crippen LogP contribution in [0.2, 0.25) is 0 Å². The standard InChI is InChI=1S/C11H12F3NO2S/c1-7(16)15-8-2-4-9(5-3-8)18-6-10(17)11(12,13)14/h2-5,10,17H,6H2,1H3,(H,15,16). The van der Waals surface area contributed by atoms with Gasteiger partial charge in [-0.05, 0) is 24.3 Å². The first kappa shape index (κ1) is 14.8. The number of carbonyl (C=O) groups excluding carboxylic acids is 1. The molecule has 0 aliphatic carbocycles. The maximum Gasteiger partial charge on any atom is 0.415 e. The van der Waals surface area contributed by atoms with Gasteiger partial charge in [-0.2, -0.15) is 13.2 Å². The van der Waals surface area contributed by atoms with Gasteiger partial charge in [0.25, 0.3) is 0 Å². The lowest BCUT2D eigenvalue weighted by Crippen LogP contribution is -2.30. The topological polar surface area (TPSA) is 49.3 Å². The molecule has 0 heterocycles. The predicted octanol–water partition coefficient (Wildman–Crippen LogP) is 2.66. The number of amides is 1. The van der Waals surface area contributed by atoms with E-state index >= 15 is 0 Å². The highest BCUT2D eigenvalue weighted by molar-refractivity contribution is 7.99. The SMILES string of the molecule is CC(=O)Nc1ccc(SCC(O)C(F)(F)F)cc1. The molecule has 0 saturated heterocycles. The first-order chi connectivity index (χ1) is 8.29. The Labute approximate surface area is 106 Å². The molecule has 1 unspecified atom stereocenters. The van der Waals surface area contributed by atoms with E-state index in [0.29, 0.717) is 10.6 Å². The quantitative estimate of drug-likeness (QED) is 0.833. The minimum atomic E-state index is -4.59. The van der Waals surface area contributed by atoms with Crippen LogP contribution in [0.15, 0.2) is 29.2 Å². The van der Waals surface area contributed by atoms with Crippen LogP contribution in [0.1, 0.15) is 6.92 Å². The molecule has 1 amide bonds. The van der Waals surface area contributed by atoms with Crippen molar-refractivity contribution in [3.05, 3.63) is 24.3 Å². The molecule has 18 heavy (non-hydrogen) atoms. The van der Waals surface area contributed by atoms with Crippen LogP contribution in [-0.2, 0) is 4.79 Å². The van der Waals surface area contributed by atoms with E-state index in [1.54, 1.807) is 24.3 Å². The fraction of sp³-hybridized carbons (Fsp3) is 0.364. The Morgan fingerprint density at radius 2 is 1.94 bits per heavy atom. The van der Waals surface area contributed by atoms with Gasteiger partial charge in [-0.15, -0.1) is 11.8 Å². The molecule has 0 aliphatic rings. The number of anilines is 1. The fourth-order valence-corrected chi connectivity index (χ4v) is 1.98. The van der Waals surface area contributed by atoms with Crippen molar-refractivity contribution in [2.45, 2.75) is 24.1 Å². The molecule has 0 fully saturated rings. The molecule has 0 aromatic heterocycles. The number of aliphatic hydroxyl groups is 1. The number of benzene rings is 1. The van der Waals surface area contributed by atoms with E-state index in [1.807, 2.05) is 0 Å². The van der Waals surface area contributed by atoms with Crippen LogP contribution in [0.3, 0.4) is 0 Å². The second kappa shape index (κ2) is 6.10. The van der Waals surface area contributed by atoms with Crippen molar-refractivity contribution in [2.24, 2.45) is 0 Å². The van der Waals surface area contributed by atoms with E-state index in [-0.39, 0.29) is 5.91 Å². The van der Waals surface area contributed by atoms with Crippen LogP contribution in [-0.4, -0.2) is 29.0 Å². The largest absolute Gasteiger partial charge is 0.415 e. The van der Waals surface area contributed by atoms with Gasteiger partial charge >= 0.3 is 6.18 Å². The van der Waals surface area contributed by atoms with E-state index in [2.05, 4.69) is 5.32 Å². The number of rotatable bonds is 4. The van der Waals surface area contributed by atoms with E-state index in [9.17, 15) is 18.0 Å². The maximum atomic E-state index is 12.0. The summed E-state index contributed by atoms with van der Waals surface area (Å²) < 4.78 is 36.1. The average Bonchev–Trinajstić information content (AvgIpc) is 2.25. The Balaban J connectivity index is 2.51. The Hall–Kier alpha value is -1.21. The summed E-state index contributed by atoms with van der Waals surface area (Å²) in [4.78, 5) is 11.3. The monoisotopic (exact) mass is 279 g/mol. The van der Waals surface area contributed by atoms with Crippen molar-refractivity contribution in [1.82, 2.24) is 0 Å². The van der Waals surface area contributed by atoms with Gasteiger partial charge in [-0.25, -0.2) is 0 Å². The van der Waals surface area contributed by atoms with Gasteiger partial charge in [-0.3, -0.25) is 4.79 Å². The number of thioether (sulfide) groups is 1. The van der Waals surface area contributed by atoms with Gasteiger partial charge in [0.15, 0.2) is 6.10 Å². The van der Waals surface area contributed by atoms with E-state index in [1.165, 1.54) is 6.92 Å². The number of alkyl halides is 3. The molecule has 3 nitrogen and oxygen atoms in total. The van der Waals surface area contributed by atoms with E-state index < -0.39 is 18.0 Å². The lowest BCUT2D eigenvalue weighted by Gasteiger charge is -2.13. The number of nitrogens with one attached hydrogen (secondary N) is 1. The number of hydrogen-bond donors (Lipinski definition) is 2. The van der Waals surface area contributed by atoms with Crippen LogP contribution in [0, 0.1) is 0 Å². The van der Waals surface area contributed by atoms with Crippen LogP contribution in [0.25, 0.3) is 0 Å². The normalized spacial score (nSPS) is 13.2. The second-order valence-corrected chi connectivity index (χ2v) is 4.67. The van der Waals surface area contributed by atoms with E-state index in [0.717, 1.165) is 11.8 Å². The Bertz CT molecular complexity index is 406. The summed E-state index contributed by atoms with van der Waals surface area (Å²) in [5, 5.41) is 11.4. The first-order valence-electron chi connectivity index (χ1n) is 5.04. The minimum Gasteiger partial charge on any atom is -0.383 e. The number of hydrogen-bond acceptors (Lipinski definition) is 3. The molecule has 0 bridgehead atoms. The van der Waals surface area contributed by atoms with Crippen molar-refractivity contribution in [3.63, 3.8) is 0 Å². The molecule has 0 saturated carbocycles. The summed E-state index contributed by atoms with van der Waals surface area (Å²) in [5.41, 5.74) is 0.572. The first-order valence-corrected chi connectivity index (χ1v) is 6.03. The lowest BCUT2D eigenvalue weighted by molar-refractivity contribution is -0.195. The van der Waals surface area contributed by atoms with Gasteiger partial charge in [0.05, 0.1) is 0 Å². The molecule has 1 aromatic carbocycles. The molecule has 2 N–H and O–H groups in total. The van der Waals surface area contributed by atoms with Gasteiger partial charge in [0.1, 0.15) is 0 Å². The third kappa shape index (κ3) is 4.97. The summed E-state index contributed by atoms with van der Waals surface area (Å²) in [6.07, 6.45) is -6.93. The van der Waals surface area contributed by atoms with Gasteiger partial charge in [-0.1, -0.05) is 0 Å². The molecule has 100 valence electrons. The van der Waals surface area contributed by atoms with Crippen molar-refractivity contribution in [2.75, 3.05) is 11.1 Å². The van der Waals surface area contributed by atoms with Crippen LogP contribution in [0.4, 0.5) is 18.9 Å². The van der Waals surface area contributed by atoms with Crippen LogP contribution in [0.5, 0.6) is 0 Å². The van der Waals surface area contributed by atoms with Crippen LogP contribution >= 0.6 is 11.8 Å². The summed E-state index contributed by atoms with van der Waals surface area (Å²) in [5.74, 6) is -0.675. The average molecular weight is 279 g/mol. The van der Waals surface area contributed by atoms with Gasteiger partial charge < -0.3 is 10.4 Å². The van der Waals surface area contributed by atoms with Gasteiger partial charge in [0, 0.05) is 23.3 Å². The molecule has 1 rings (SSSR count). The number of carbonyl (C=O) groups is 1. The fourth-order valence-electron chi connectivity index (χ4n) is 1.11. The molecule has 1 atom stereocenters. The molecular formula is C11H12F3NO2S. The lowest BCUT2D eigenvalue weighted by atomic mass is 10.3. The molecule has 0 spiro atoms. The molecule has 7 heteroatoms. The summed E-state index contributed by atoms with van der Waals surface area (Å²) in [6.45, 7) is 1.36. The van der Waals surface area contributed by atoms with Crippen molar-refractivity contribution in [3.8, 4) is 0 Å². The smallest absolute Gasteiger partial charge is 0.383 e. The molecule has 0 radical (unpaired) electrons. The van der Waals surface area contributed by atoms with E-state index in [4.69, 9.17) is 5.11 Å². The zero-order valence-electron chi connectivity index (χ0n) is 9.49. The third-order valence-electron chi connectivity index (χ3n) is 1.96. The maximum absolute atomic E-state index is 12.0.